The predicted octanol–water partition coefficient (Wildman–Crippen LogP) is 1.81. The zero-order chi connectivity index (χ0) is 22.5. The number of piperidine rings is 1. The van der Waals surface area contributed by atoms with Crippen LogP contribution < -0.4 is 5.32 Å². The smallest absolute Gasteiger partial charge is 0.254 e. The Hall–Kier alpha value is -2.97. The van der Waals surface area contributed by atoms with Gasteiger partial charge < -0.3 is 10.2 Å². The summed E-state index contributed by atoms with van der Waals surface area (Å²) >= 11 is 0. The van der Waals surface area contributed by atoms with Crippen molar-refractivity contribution in [2.45, 2.75) is 23.9 Å². The molecule has 0 radical (unpaired) electrons. The van der Waals surface area contributed by atoms with E-state index in [-0.39, 0.29) is 34.6 Å². The molecule has 3 aliphatic rings. The Balaban J connectivity index is 1.24. The molecular formula is C24H25N3O4S. The van der Waals surface area contributed by atoms with Gasteiger partial charge in [0.05, 0.1) is 4.90 Å². The third kappa shape index (κ3) is 3.63. The van der Waals surface area contributed by atoms with Crippen LogP contribution in [0.1, 0.15) is 21.5 Å². The second-order valence-corrected chi connectivity index (χ2v) is 10.6. The summed E-state index contributed by atoms with van der Waals surface area (Å²) in [5, 5.41) is 2.85. The second kappa shape index (κ2) is 7.86. The molecule has 2 aliphatic heterocycles. The number of rotatable bonds is 5. The molecule has 2 heterocycles. The summed E-state index contributed by atoms with van der Waals surface area (Å²) in [6.45, 7) is 5.44. The first-order chi connectivity index (χ1) is 15.4. The van der Waals surface area contributed by atoms with Crippen LogP contribution in [0.25, 0.3) is 0 Å². The Bertz CT molecular complexity index is 1180. The first-order valence-electron chi connectivity index (χ1n) is 10.8. The van der Waals surface area contributed by atoms with Gasteiger partial charge in [0, 0.05) is 37.8 Å². The van der Waals surface area contributed by atoms with Crippen molar-refractivity contribution in [3.63, 3.8) is 0 Å². The highest BCUT2D eigenvalue weighted by molar-refractivity contribution is 7.89. The van der Waals surface area contributed by atoms with Crippen molar-refractivity contribution in [1.29, 1.82) is 0 Å². The molecule has 1 saturated carbocycles. The SMILES string of the molecule is C=CC(=O)NC1C2CN(S(=O)(=O)c3ccc(C(=O)N4CCc5ccccc5C4)cc3)CC21. The Kier molecular flexibility index (Phi) is 5.14. The van der Waals surface area contributed by atoms with Crippen LogP contribution in [0.5, 0.6) is 0 Å². The van der Waals surface area contributed by atoms with Crippen molar-refractivity contribution < 1.29 is 18.0 Å². The van der Waals surface area contributed by atoms with E-state index in [1.807, 2.05) is 18.2 Å². The average Bonchev–Trinajstić information content (AvgIpc) is 3.24. The lowest BCUT2D eigenvalue weighted by atomic mass is 9.99. The summed E-state index contributed by atoms with van der Waals surface area (Å²) in [4.78, 5) is 26.4. The number of amides is 2. The van der Waals surface area contributed by atoms with Crippen LogP contribution in [0, 0.1) is 11.8 Å². The van der Waals surface area contributed by atoms with Gasteiger partial charge in [-0.3, -0.25) is 9.59 Å². The van der Waals surface area contributed by atoms with Gasteiger partial charge in [-0.15, -0.1) is 0 Å². The molecule has 8 heteroatoms. The lowest BCUT2D eigenvalue weighted by Gasteiger charge is -2.29. The van der Waals surface area contributed by atoms with Gasteiger partial charge in [-0.05, 0) is 59.7 Å². The highest BCUT2D eigenvalue weighted by Gasteiger charge is 2.58. The van der Waals surface area contributed by atoms with Crippen LogP contribution >= 0.6 is 0 Å². The molecule has 32 heavy (non-hydrogen) atoms. The highest BCUT2D eigenvalue weighted by atomic mass is 32.2. The molecule has 0 bridgehead atoms. The third-order valence-corrected chi connectivity index (χ3v) is 8.66. The number of hydrogen-bond donors (Lipinski definition) is 1. The molecular weight excluding hydrogens is 426 g/mol. The van der Waals surface area contributed by atoms with E-state index in [2.05, 4.69) is 18.0 Å². The van der Waals surface area contributed by atoms with Crippen molar-refractivity contribution in [1.82, 2.24) is 14.5 Å². The summed E-state index contributed by atoms with van der Waals surface area (Å²) in [5.41, 5.74) is 2.91. The van der Waals surface area contributed by atoms with E-state index < -0.39 is 10.0 Å². The van der Waals surface area contributed by atoms with E-state index >= 15 is 0 Å². The average molecular weight is 452 g/mol. The number of carbonyl (C=O) groups excluding carboxylic acids is 2. The van der Waals surface area contributed by atoms with Crippen LogP contribution in [0.3, 0.4) is 0 Å². The Morgan fingerprint density at radius 2 is 1.66 bits per heavy atom. The zero-order valence-electron chi connectivity index (χ0n) is 17.6. The normalized spacial score (nSPS) is 24.4. The lowest BCUT2D eigenvalue weighted by Crippen LogP contribution is -2.37. The number of benzene rings is 2. The molecule has 7 nitrogen and oxygen atoms in total. The molecule has 1 aliphatic carbocycles. The van der Waals surface area contributed by atoms with Crippen molar-refractivity contribution in [2.75, 3.05) is 19.6 Å². The van der Waals surface area contributed by atoms with E-state index in [9.17, 15) is 18.0 Å². The molecule has 2 aromatic carbocycles. The molecule has 2 atom stereocenters. The minimum Gasteiger partial charge on any atom is -0.349 e. The monoisotopic (exact) mass is 451 g/mol. The molecule has 0 spiro atoms. The van der Waals surface area contributed by atoms with Crippen molar-refractivity contribution in [2.24, 2.45) is 11.8 Å². The number of nitrogens with one attached hydrogen (secondary N) is 1. The Labute approximate surface area is 187 Å². The van der Waals surface area contributed by atoms with Gasteiger partial charge in [0.25, 0.3) is 5.91 Å². The van der Waals surface area contributed by atoms with Crippen LogP contribution in [0.15, 0.2) is 66.1 Å². The number of fused-ring (bicyclic) bond motifs is 2. The molecule has 2 unspecified atom stereocenters. The fourth-order valence-electron chi connectivity index (χ4n) is 4.89. The largest absolute Gasteiger partial charge is 0.349 e. The van der Waals surface area contributed by atoms with E-state index in [0.29, 0.717) is 31.7 Å². The van der Waals surface area contributed by atoms with Crippen molar-refractivity contribution in [3.05, 3.63) is 77.9 Å². The number of sulfonamides is 1. The number of nitrogens with zero attached hydrogens (tertiary/aromatic N) is 2. The van der Waals surface area contributed by atoms with E-state index in [1.54, 1.807) is 17.0 Å². The van der Waals surface area contributed by atoms with Gasteiger partial charge in [0.1, 0.15) is 0 Å². The second-order valence-electron chi connectivity index (χ2n) is 8.66. The molecule has 1 saturated heterocycles. The summed E-state index contributed by atoms with van der Waals surface area (Å²) in [6, 6.07) is 14.4. The standard InChI is InChI=1S/C24H25N3O4S/c1-2-22(28)25-23-20-14-27(15-21(20)23)32(30,31)19-9-7-17(8-10-19)24(29)26-12-11-16-5-3-4-6-18(16)13-26/h2-10,20-21,23H,1,11-15H2,(H,25,28). The minimum absolute atomic E-state index is 0.0293. The van der Waals surface area contributed by atoms with Gasteiger partial charge in [0.2, 0.25) is 15.9 Å². The number of hydrogen-bond acceptors (Lipinski definition) is 4. The van der Waals surface area contributed by atoms with Crippen LogP contribution in [-0.2, 0) is 27.8 Å². The van der Waals surface area contributed by atoms with Gasteiger partial charge in [0.15, 0.2) is 0 Å². The van der Waals surface area contributed by atoms with Gasteiger partial charge in [-0.25, -0.2) is 8.42 Å². The first-order valence-corrected chi connectivity index (χ1v) is 12.2. The molecule has 5 rings (SSSR count). The summed E-state index contributed by atoms with van der Waals surface area (Å²) in [5.74, 6) is -0.0177. The minimum atomic E-state index is -3.63. The van der Waals surface area contributed by atoms with Crippen LogP contribution in [0.2, 0.25) is 0 Å². The molecule has 1 N–H and O–H groups in total. The fourth-order valence-corrected chi connectivity index (χ4v) is 6.41. The maximum absolute atomic E-state index is 13.0. The Morgan fingerprint density at radius 1 is 1.00 bits per heavy atom. The third-order valence-electron chi connectivity index (χ3n) is 6.81. The first kappa shape index (κ1) is 20.9. The van der Waals surface area contributed by atoms with E-state index in [4.69, 9.17) is 0 Å². The molecule has 2 amide bonds. The van der Waals surface area contributed by atoms with Gasteiger partial charge in [-0.2, -0.15) is 4.31 Å². The van der Waals surface area contributed by atoms with Gasteiger partial charge >= 0.3 is 0 Å². The van der Waals surface area contributed by atoms with Gasteiger partial charge in [-0.1, -0.05) is 30.8 Å². The summed E-state index contributed by atoms with van der Waals surface area (Å²) in [7, 11) is -3.63. The van der Waals surface area contributed by atoms with Crippen LogP contribution in [-0.4, -0.2) is 55.1 Å². The maximum Gasteiger partial charge on any atom is 0.254 e. The highest BCUT2D eigenvalue weighted by Crippen LogP contribution is 2.47. The zero-order valence-corrected chi connectivity index (χ0v) is 18.4. The fraction of sp³-hybridized carbons (Fsp3) is 0.333. The quantitative estimate of drug-likeness (QED) is 0.703. The molecule has 2 aromatic rings. The van der Waals surface area contributed by atoms with Crippen LogP contribution in [0.4, 0.5) is 0 Å². The van der Waals surface area contributed by atoms with Crippen molar-refractivity contribution in [3.8, 4) is 0 Å². The topological polar surface area (TPSA) is 86.8 Å². The Morgan fingerprint density at radius 3 is 2.31 bits per heavy atom. The maximum atomic E-state index is 13.0. The van der Waals surface area contributed by atoms with Crippen molar-refractivity contribution >= 4 is 21.8 Å². The molecule has 2 fully saturated rings. The molecule has 166 valence electrons. The summed E-state index contributed by atoms with van der Waals surface area (Å²) in [6.07, 6.45) is 2.05. The van der Waals surface area contributed by atoms with E-state index in [1.165, 1.54) is 28.1 Å². The number of carbonyl (C=O) groups is 2. The lowest BCUT2D eigenvalue weighted by molar-refractivity contribution is -0.116. The van der Waals surface area contributed by atoms with E-state index in [0.717, 1.165) is 12.0 Å². The summed E-state index contributed by atoms with van der Waals surface area (Å²) < 4.78 is 27.5. The predicted molar refractivity (Wildman–Crippen MR) is 119 cm³/mol. The molecule has 0 aromatic heterocycles.